The zero-order valence-corrected chi connectivity index (χ0v) is 21.9. The lowest BCUT2D eigenvalue weighted by Gasteiger charge is -2.27. The molecule has 0 heterocycles. The maximum atomic E-state index is 13.8. The number of sulfonamides is 1. The maximum Gasteiger partial charge on any atom is 0.264 e. The predicted molar refractivity (Wildman–Crippen MR) is 146 cm³/mol. The second-order valence-corrected chi connectivity index (χ2v) is 10.7. The molecule has 0 aromatic heterocycles. The zero-order valence-electron chi connectivity index (χ0n) is 21.1. The van der Waals surface area contributed by atoms with Crippen LogP contribution in [-0.4, -0.2) is 28.0 Å². The molecule has 1 unspecified atom stereocenters. The molecule has 0 saturated carbocycles. The molecule has 0 spiro atoms. The number of carbonyl (C=O) groups excluding carboxylic acids is 1. The Morgan fingerprint density at radius 2 is 1.54 bits per heavy atom. The molecule has 4 aromatic rings. The van der Waals surface area contributed by atoms with Gasteiger partial charge in [-0.25, -0.2) is 8.42 Å². The summed E-state index contributed by atoms with van der Waals surface area (Å²) < 4.78 is 34.0. The first-order valence-electron chi connectivity index (χ1n) is 11.9. The van der Waals surface area contributed by atoms with Crippen LogP contribution in [0.25, 0.3) is 0 Å². The second-order valence-electron chi connectivity index (χ2n) is 8.79. The molecular formula is C30H30N2O4S. The van der Waals surface area contributed by atoms with Crippen molar-refractivity contribution in [3.63, 3.8) is 0 Å². The number of rotatable bonds is 9. The molecule has 37 heavy (non-hydrogen) atoms. The Balaban J connectivity index is 1.71. The molecule has 1 N–H and O–H groups in total. The number of amides is 1. The fraction of sp³-hybridized carbons (Fsp3) is 0.167. The van der Waals surface area contributed by atoms with Gasteiger partial charge in [0.05, 0.1) is 23.7 Å². The summed E-state index contributed by atoms with van der Waals surface area (Å²) in [6, 6.07) is 30.3. The molecule has 6 nitrogen and oxygen atoms in total. The number of nitrogens with zero attached hydrogens (tertiary/aromatic N) is 1. The van der Waals surface area contributed by atoms with Gasteiger partial charge < -0.3 is 10.1 Å². The minimum atomic E-state index is -4.05. The Labute approximate surface area is 218 Å². The van der Waals surface area contributed by atoms with Crippen LogP contribution in [0.3, 0.4) is 0 Å². The summed E-state index contributed by atoms with van der Waals surface area (Å²) in [6.45, 7) is 3.47. The largest absolute Gasteiger partial charge is 0.497 e. The number of hydrogen-bond acceptors (Lipinski definition) is 4. The number of hydrogen-bond donors (Lipinski definition) is 1. The van der Waals surface area contributed by atoms with Crippen molar-refractivity contribution in [1.29, 1.82) is 0 Å². The highest BCUT2D eigenvalue weighted by molar-refractivity contribution is 7.92. The molecule has 0 aliphatic heterocycles. The summed E-state index contributed by atoms with van der Waals surface area (Å²) in [5.74, 6) is 0.0553. The van der Waals surface area contributed by atoms with Crippen molar-refractivity contribution < 1.29 is 17.9 Å². The SMILES string of the molecule is COc1cccc(N(CC(=O)NC(c2ccccc2)c2ccccc2C)S(=O)(=O)c2ccc(C)cc2)c1. The Morgan fingerprint density at radius 3 is 2.22 bits per heavy atom. The Kier molecular flexibility index (Phi) is 7.94. The van der Waals surface area contributed by atoms with E-state index in [1.54, 1.807) is 48.5 Å². The van der Waals surface area contributed by atoms with Gasteiger partial charge in [0.2, 0.25) is 5.91 Å². The van der Waals surface area contributed by atoms with E-state index in [1.165, 1.54) is 7.11 Å². The normalized spacial score (nSPS) is 12.0. The highest BCUT2D eigenvalue weighted by atomic mass is 32.2. The van der Waals surface area contributed by atoms with Gasteiger partial charge in [0, 0.05) is 6.07 Å². The smallest absolute Gasteiger partial charge is 0.264 e. The maximum absolute atomic E-state index is 13.8. The number of carbonyl (C=O) groups is 1. The lowest BCUT2D eigenvalue weighted by molar-refractivity contribution is -0.120. The molecule has 7 heteroatoms. The number of ether oxygens (including phenoxy) is 1. The summed E-state index contributed by atoms with van der Waals surface area (Å²) in [5.41, 5.74) is 4.14. The van der Waals surface area contributed by atoms with Crippen LogP contribution in [-0.2, 0) is 14.8 Å². The predicted octanol–water partition coefficient (Wildman–Crippen LogP) is 5.41. The van der Waals surface area contributed by atoms with E-state index < -0.39 is 28.5 Å². The summed E-state index contributed by atoms with van der Waals surface area (Å²) in [7, 11) is -2.54. The fourth-order valence-electron chi connectivity index (χ4n) is 4.15. The van der Waals surface area contributed by atoms with Crippen LogP contribution in [0.5, 0.6) is 5.75 Å². The minimum Gasteiger partial charge on any atom is -0.497 e. The number of methoxy groups -OCH3 is 1. The average Bonchev–Trinajstić information content (AvgIpc) is 2.91. The van der Waals surface area contributed by atoms with Crippen molar-refractivity contribution in [2.24, 2.45) is 0 Å². The van der Waals surface area contributed by atoms with Crippen LogP contribution in [0.15, 0.2) is 108 Å². The molecule has 0 bridgehead atoms. The summed E-state index contributed by atoms with van der Waals surface area (Å²) in [4.78, 5) is 13.6. The van der Waals surface area contributed by atoms with Crippen molar-refractivity contribution in [3.8, 4) is 5.75 Å². The van der Waals surface area contributed by atoms with Gasteiger partial charge in [-0.05, 0) is 54.8 Å². The fourth-order valence-corrected chi connectivity index (χ4v) is 5.56. The standard InChI is InChI=1S/C30H30N2O4S/c1-22-16-18-27(19-17-22)37(34,35)32(25-13-9-14-26(20-25)36-3)21-29(33)31-30(24-11-5-4-6-12-24)28-15-8-7-10-23(28)2/h4-20,30H,21H2,1-3H3,(H,31,33). The second kappa shape index (κ2) is 11.3. The van der Waals surface area contributed by atoms with Gasteiger partial charge in [-0.1, -0.05) is 78.4 Å². The lowest BCUT2D eigenvalue weighted by Crippen LogP contribution is -2.42. The van der Waals surface area contributed by atoms with E-state index in [9.17, 15) is 13.2 Å². The minimum absolute atomic E-state index is 0.104. The van der Waals surface area contributed by atoms with E-state index >= 15 is 0 Å². The van der Waals surface area contributed by atoms with E-state index in [0.29, 0.717) is 11.4 Å². The van der Waals surface area contributed by atoms with Crippen LogP contribution in [0, 0.1) is 13.8 Å². The van der Waals surface area contributed by atoms with Gasteiger partial charge in [-0.15, -0.1) is 0 Å². The van der Waals surface area contributed by atoms with E-state index in [1.807, 2.05) is 68.4 Å². The van der Waals surface area contributed by atoms with Crippen molar-refractivity contribution in [1.82, 2.24) is 5.32 Å². The molecule has 0 fully saturated rings. The first kappa shape index (κ1) is 26.0. The first-order valence-corrected chi connectivity index (χ1v) is 13.4. The Morgan fingerprint density at radius 1 is 0.865 bits per heavy atom. The molecule has 4 aromatic carbocycles. The number of benzene rings is 4. The highest BCUT2D eigenvalue weighted by Crippen LogP contribution is 2.28. The van der Waals surface area contributed by atoms with Crippen molar-refractivity contribution >= 4 is 21.6 Å². The molecule has 0 aliphatic carbocycles. The molecular weight excluding hydrogens is 484 g/mol. The average molecular weight is 515 g/mol. The zero-order chi connectivity index (χ0) is 26.4. The van der Waals surface area contributed by atoms with Crippen LogP contribution in [0.4, 0.5) is 5.69 Å². The van der Waals surface area contributed by atoms with Gasteiger partial charge in [0.25, 0.3) is 10.0 Å². The van der Waals surface area contributed by atoms with E-state index in [0.717, 1.165) is 26.6 Å². The third-order valence-corrected chi connectivity index (χ3v) is 7.96. The Bertz CT molecular complexity index is 1470. The molecule has 4 rings (SSSR count). The lowest BCUT2D eigenvalue weighted by atomic mass is 9.95. The van der Waals surface area contributed by atoms with E-state index in [2.05, 4.69) is 5.32 Å². The summed E-state index contributed by atoms with van der Waals surface area (Å²) in [6.07, 6.45) is 0. The third kappa shape index (κ3) is 6.01. The molecule has 1 amide bonds. The van der Waals surface area contributed by atoms with Crippen molar-refractivity contribution in [2.45, 2.75) is 24.8 Å². The number of anilines is 1. The van der Waals surface area contributed by atoms with Crippen LogP contribution in [0.2, 0.25) is 0 Å². The van der Waals surface area contributed by atoms with Crippen LogP contribution in [0.1, 0.15) is 28.3 Å². The monoisotopic (exact) mass is 514 g/mol. The topological polar surface area (TPSA) is 75.7 Å². The van der Waals surface area contributed by atoms with Crippen LogP contribution >= 0.6 is 0 Å². The molecule has 0 radical (unpaired) electrons. The van der Waals surface area contributed by atoms with Gasteiger partial charge in [-0.3, -0.25) is 9.10 Å². The summed E-state index contributed by atoms with van der Waals surface area (Å²) >= 11 is 0. The van der Waals surface area contributed by atoms with Gasteiger partial charge in [-0.2, -0.15) is 0 Å². The Hall–Kier alpha value is -4.10. The summed E-state index contributed by atoms with van der Waals surface area (Å²) in [5, 5.41) is 3.08. The molecule has 0 saturated heterocycles. The first-order chi connectivity index (χ1) is 17.8. The van der Waals surface area contributed by atoms with Crippen molar-refractivity contribution in [3.05, 3.63) is 125 Å². The molecule has 0 aliphatic rings. The van der Waals surface area contributed by atoms with Gasteiger partial charge in [0.15, 0.2) is 0 Å². The number of aryl methyl sites for hydroxylation is 2. The van der Waals surface area contributed by atoms with Crippen molar-refractivity contribution in [2.75, 3.05) is 18.0 Å². The molecule has 190 valence electrons. The van der Waals surface area contributed by atoms with Crippen LogP contribution < -0.4 is 14.4 Å². The molecule has 1 atom stereocenters. The van der Waals surface area contributed by atoms with E-state index in [4.69, 9.17) is 4.74 Å². The third-order valence-electron chi connectivity index (χ3n) is 6.18. The van der Waals surface area contributed by atoms with Gasteiger partial charge in [0.1, 0.15) is 12.3 Å². The highest BCUT2D eigenvalue weighted by Gasteiger charge is 2.29. The quantitative estimate of drug-likeness (QED) is 0.324. The van der Waals surface area contributed by atoms with Gasteiger partial charge >= 0.3 is 0 Å². The number of nitrogens with one attached hydrogen (secondary N) is 1. The van der Waals surface area contributed by atoms with E-state index in [-0.39, 0.29) is 4.90 Å².